The van der Waals surface area contributed by atoms with Crippen LogP contribution in [0.5, 0.6) is 0 Å². The van der Waals surface area contributed by atoms with Gasteiger partial charge in [0.2, 0.25) is 6.10 Å². The molecule has 7 nitrogen and oxygen atoms in total. The zero-order valence-electron chi connectivity index (χ0n) is 14.2. The highest BCUT2D eigenvalue weighted by atomic mass is 19.1. The van der Waals surface area contributed by atoms with Crippen molar-refractivity contribution in [2.24, 2.45) is 5.16 Å². The molecule has 0 aromatic heterocycles. The monoisotopic (exact) mass is 369 g/mol. The Balaban J connectivity index is 1.41. The Morgan fingerprint density at radius 3 is 2.85 bits per heavy atom. The zero-order chi connectivity index (χ0) is 18.8. The Bertz CT molecular complexity index is 931. The molecular weight excluding hydrogens is 353 g/mol. The molecule has 2 aromatic carbocycles. The predicted molar refractivity (Wildman–Crippen MR) is 96.2 cm³/mol. The third-order valence-electron chi connectivity index (χ3n) is 4.31. The van der Waals surface area contributed by atoms with Crippen LogP contribution in [0.4, 0.5) is 20.6 Å². The molecule has 27 heavy (non-hydrogen) atoms. The Kier molecular flexibility index (Phi) is 4.45. The first-order valence-corrected chi connectivity index (χ1v) is 8.44. The number of rotatable bonds is 4. The molecule has 0 unspecified atom stereocenters. The molecule has 0 aliphatic carbocycles. The van der Waals surface area contributed by atoms with Crippen molar-refractivity contribution in [2.45, 2.75) is 12.5 Å². The smallest absolute Gasteiger partial charge is 0.414 e. The summed E-state index contributed by atoms with van der Waals surface area (Å²) in [6.07, 6.45) is -0.970. The van der Waals surface area contributed by atoms with Crippen LogP contribution in [0.2, 0.25) is 0 Å². The Morgan fingerprint density at radius 2 is 2.07 bits per heavy atom. The van der Waals surface area contributed by atoms with E-state index in [9.17, 15) is 14.0 Å². The summed E-state index contributed by atoms with van der Waals surface area (Å²) >= 11 is 0. The molecule has 0 bridgehead atoms. The first-order valence-electron chi connectivity index (χ1n) is 8.44. The Labute approximate surface area is 154 Å². The predicted octanol–water partition coefficient (Wildman–Crippen LogP) is 2.91. The maximum Gasteiger partial charge on any atom is 0.414 e. The lowest BCUT2D eigenvalue weighted by Crippen LogP contribution is -2.28. The van der Waals surface area contributed by atoms with Crippen LogP contribution in [0.1, 0.15) is 12.0 Å². The van der Waals surface area contributed by atoms with E-state index in [1.165, 1.54) is 17.0 Å². The average molecular weight is 369 g/mol. The summed E-state index contributed by atoms with van der Waals surface area (Å²) < 4.78 is 18.3. The molecule has 1 atom stereocenters. The van der Waals surface area contributed by atoms with E-state index in [0.29, 0.717) is 35.8 Å². The molecule has 8 heteroatoms. The van der Waals surface area contributed by atoms with Gasteiger partial charge in [-0.1, -0.05) is 23.4 Å². The van der Waals surface area contributed by atoms with E-state index in [2.05, 4.69) is 10.5 Å². The van der Waals surface area contributed by atoms with Crippen LogP contribution in [-0.2, 0) is 14.4 Å². The molecule has 2 heterocycles. The van der Waals surface area contributed by atoms with E-state index < -0.39 is 12.2 Å². The van der Waals surface area contributed by atoms with Crippen LogP contribution >= 0.6 is 0 Å². The molecule has 138 valence electrons. The third kappa shape index (κ3) is 3.59. The van der Waals surface area contributed by atoms with E-state index in [4.69, 9.17) is 9.57 Å². The van der Waals surface area contributed by atoms with Gasteiger partial charge >= 0.3 is 6.09 Å². The van der Waals surface area contributed by atoms with Crippen molar-refractivity contribution < 1.29 is 23.6 Å². The van der Waals surface area contributed by atoms with Gasteiger partial charge in [0.25, 0.3) is 5.91 Å². The molecular formula is C19H16FN3O4. The molecule has 2 aromatic rings. The van der Waals surface area contributed by atoms with Crippen LogP contribution in [0, 0.1) is 5.82 Å². The minimum Gasteiger partial charge on any atom is -0.447 e. The normalized spacial score (nSPS) is 18.7. The van der Waals surface area contributed by atoms with Gasteiger partial charge in [0.05, 0.1) is 12.3 Å². The number of carbonyl (C=O) groups is 2. The highest BCUT2D eigenvalue weighted by Gasteiger charge is 2.29. The van der Waals surface area contributed by atoms with Crippen molar-refractivity contribution in [2.75, 3.05) is 23.4 Å². The topological polar surface area (TPSA) is 80.2 Å². The molecule has 2 aliphatic heterocycles. The van der Waals surface area contributed by atoms with Crippen molar-refractivity contribution in [3.05, 3.63) is 59.9 Å². The minimum absolute atomic E-state index is 0.243. The molecule has 1 N–H and O–H groups in total. The van der Waals surface area contributed by atoms with Gasteiger partial charge in [-0.2, -0.15) is 0 Å². The number of amides is 2. The molecule has 0 radical (unpaired) electrons. The van der Waals surface area contributed by atoms with Crippen LogP contribution in [0.15, 0.2) is 53.7 Å². The van der Waals surface area contributed by atoms with E-state index in [1.807, 2.05) is 0 Å². The summed E-state index contributed by atoms with van der Waals surface area (Å²) in [6.45, 7) is 0.804. The van der Waals surface area contributed by atoms with Crippen molar-refractivity contribution in [3.63, 3.8) is 0 Å². The van der Waals surface area contributed by atoms with Crippen molar-refractivity contribution >= 4 is 29.1 Å². The molecule has 1 saturated heterocycles. The van der Waals surface area contributed by atoms with Crippen molar-refractivity contribution in [1.82, 2.24) is 0 Å². The van der Waals surface area contributed by atoms with Crippen molar-refractivity contribution in [3.8, 4) is 0 Å². The number of nitrogens with one attached hydrogen (secondary N) is 1. The second-order valence-corrected chi connectivity index (χ2v) is 6.15. The quantitative estimate of drug-likeness (QED) is 0.899. The van der Waals surface area contributed by atoms with E-state index in [1.54, 1.807) is 36.4 Å². The Morgan fingerprint density at radius 1 is 1.22 bits per heavy atom. The highest BCUT2D eigenvalue weighted by molar-refractivity contribution is 6.06. The highest BCUT2D eigenvalue weighted by Crippen LogP contribution is 2.24. The third-order valence-corrected chi connectivity index (χ3v) is 4.31. The molecule has 0 spiro atoms. The molecule has 4 rings (SSSR count). The summed E-state index contributed by atoms with van der Waals surface area (Å²) in [5, 5.41) is 6.66. The second kappa shape index (κ2) is 7.06. The van der Waals surface area contributed by atoms with Crippen LogP contribution in [0.25, 0.3) is 0 Å². The summed E-state index contributed by atoms with van der Waals surface area (Å²) in [4.78, 5) is 30.8. The number of oxime groups is 1. The van der Waals surface area contributed by atoms with Gasteiger partial charge in [-0.15, -0.1) is 0 Å². The fraction of sp³-hybridized carbons (Fsp3) is 0.211. The summed E-state index contributed by atoms with van der Waals surface area (Å²) in [6, 6.07) is 12.9. The first kappa shape index (κ1) is 17.0. The number of ether oxygens (including phenoxy) is 1. The van der Waals surface area contributed by atoms with Gasteiger partial charge in [0.1, 0.15) is 12.4 Å². The van der Waals surface area contributed by atoms with Gasteiger partial charge in [-0.05, 0) is 30.3 Å². The lowest BCUT2D eigenvalue weighted by atomic mass is 10.0. The molecule has 2 aliphatic rings. The van der Waals surface area contributed by atoms with Gasteiger partial charge in [0.15, 0.2) is 0 Å². The van der Waals surface area contributed by atoms with Gasteiger partial charge in [-0.25, -0.2) is 9.18 Å². The van der Waals surface area contributed by atoms with Crippen molar-refractivity contribution in [1.29, 1.82) is 0 Å². The molecule has 0 saturated carbocycles. The maximum atomic E-state index is 13.3. The number of benzene rings is 2. The fourth-order valence-corrected chi connectivity index (χ4v) is 2.96. The lowest BCUT2D eigenvalue weighted by molar-refractivity contribution is -0.125. The zero-order valence-corrected chi connectivity index (χ0v) is 14.2. The molecule has 1 fully saturated rings. The van der Waals surface area contributed by atoms with Crippen LogP contribution < -0.4 is 10.2 Å². The number of anilines is 2. The standard InChI is InChI=1S/C19H16FN3O4/c20-13-4-1-3-12(9-13)16-11-17(27-22-16)18(24)21-14-5-2-6-15(10-14)23-7-8-26-19(23)25/h1-6,9-10,17H,7-8,11H2,(H,21,24)/t17-/m0/s1. The van der Waals surface area contributed by atoms with E-state index in [0.717, 1.165) is 0 Å². The SMILES string of the molecule is O=C(Nc1cccc(N2CCOC2=O)c1)[C@@H]1CC(c2cccc(F)c2)=NO1. The van der Waals surface area contributed by atoms with E-state index >= 15 is 0 Å². The number of halogens is 1. The largest absolute Gasteiger partial charge is 0.447 e. The van der Waals surface area contributed by atoms with Crippen LogP contribution in [0.3, 0.4) is 0 Å². The summed E-state index contributed by atoms with van der Waals surface area (Å²) in [7, 11) is 0. The number of nitrogens with zero attached hydrogens (tertiary/aromatic N) is 2. The number of hydrogen-bond acceptors (Lipinski definition) is 5. The lowest BCUT2D eigenvalue weighted by Gasteiger charge is -2.15. The first-order chi connectivity index (χ1) is 13.1. The Hall–Kier alpha value is -3.42. The van der Waals surface area contributed by atoms with Gasteiger partial charge in [0, 0.05) is 23.4 Å². The number of hydrogen-bond donors (Lipinski definition) is 1. The van der Waals surface area contributed by atoms with Gasteiger partial charge in [-0.3, -0.25) is 9.69 Å². The number of cyclic esters (lactones) is 1. The maximum absolute atomic E-state index is 13.3. The van der Waals surface area contributed by atoms with E-state index in [-0.39, 0.29) is 18.1 Å². The van der Waals surface area contributed by atoms with Gasteiger partial charge < -0.3 is 14.9 Å². The average Bonchev–Trinajstić information content (AvgIpc) is 3.31. The summed E-state index contributed by atoms with van der Waals surface area (Å²) in [5.41, 5.74) is 2.27. The minimum atomic E-state index is -0.802. The fourth-order valence-electron chi connectivity index (χ4n) is 2.96. The second-order valence-electron chi connectivity index (χ2n) is 6.15. The number of carbonyl (C=O) groups excluding carboxylic acids is 2. The molecule has 2 amide bonds. The summed E-state index contributed by atoms with van der Waals surface area (Å²) in [5.74, 6) is -0.744. The van der Waals surface area contributed by atoms with Crippen LogP contribution in [-0.4, -0.2) is 37.0 Å².